The minimum atomic E-state index is -0.0233. The van der Waals surface area contributed by atoms with Crippen LogP contribution in [0.5, 0.6) is 0 Å². The van der Waals surface area contributed by atoms with Crippen LogP contribution in [0.1, 0.15) is 25.7 Å². The first kappa shape index (κ1) is 14.1. The molecule has 1 unspecified atom stereocenters. The van der Waals surface area contributed by atoms with Gasteiger partial charge in [0.05, 0.1) is 12.7 Å². The van der Waals surface area contributed by atoms with Crippen LogP contribution in [0.4, 0.5) is 5.69 Å². The summed E-state index contributed by atoms with van der Waals surface area (Å²) in [4.78, 5) is 11.5. The van der Waals surface area contributed by atoms with Crippen molar-refractivity contribution in [2.45, 2.75) is 38.3 Å². The summed E-state index contributed by atoms with van der Waals surface area (Å²) in [5.74, 6) is 0. The molecule has 0 aliphatic carbocycles. The molecule has 0 amide bonds. The predicted octanol–water partition coefficient (Wildman–Crippen LogP) is 1.41. The lowest BCUT2D eigenvalue weighted by molar-refractivity contribution is -0.0412. The summed E-state index contributed by atoms with van der Waals surface area (Å²) in [5.41, 5.74) is 6.23. The van der Waals surface area contributed by atoms with Gasteiger partial charge in [-0.2, -0.15) is 0 Å². The molecule has 0 aromatic carbocycles. The Kier molecular flexibility index (Phi) is 5.42. The molecule has 5 heteroatoms. The number of nitrogen functional groups attached to an aromatic ring is 1. The van der Waals surface area contributed by atoms with Crippen molar-refractivity contribution in [2.24, 2.45) is 0 Å². The van der Waals surface area contributed by atoms with E-state index < -0.39 is 0 Å². The smallest absolute Gasteiger partial charge is 0.250 e. The molecule has 2 N–H and O–H groups in total. The molecule has 19 heavy (non-hydrogen) atoms. The fraction of sp³-hybridized carbons (Fsp3) is 0.643. The molecule has 0 saturated carbocycles. The second kappa shape index (κ2) is 7.31. The van der Waals surface area contributed by atoms with Gasteiger partial charge in [0.1, 0.15) is 0 Å². The van der Waals surface area contributed by atoms with Gasteiger partial charge in [-0.15, -0.1) is 0 Å². The monoisotopic (exact) mass is 266 g/mol. The van der Waals surface area contributed by atoms with Crippen LogP contribution in [0.25, 0.3) is 0 Å². The Balaban J connectivity index is 1.63. The third kappa shape index (κ3) is 4.69. The van der Waals surface area contributed by atoms with Crippen molar-refractivity contribution in [2.75, 3.05) is 25.6 Å². The molecular formula is C14H22N2O3. The number of hydrogen-bond acceptors (Lipinski definition) is 4. The Morgan fingerprint density at radius 3 is 3.11 bits per heavy atom. The zero-order chi connectivity index (χ0) is 13.5. The standard InChI is InChI=1S/C14H22N2O3/c15-12-5-6-14(17)16(10-12)7-3-8-18-11-13-4-1-2-9-19-13/h5-6,10,13H,1-4,7-9,11,15H2. The summed E-state index contributed by atoms with van der Waals surface area (Å²) in [7, 11) is 0. The van der Waals surface area contributed by atoms with Crippen molar-refractivity contribution in [3.8, 4) is 0 Å². The van der Waals surface area contributed by atoms with E-state index in [0.29, 0.717) is 25.4 Å². The topological polar surface area (TPSA) is 66.5 Å². The Morgan fingerprint density at radius 2 is 2.32 bits per heavy atom. The summed E-state index contributed by atoms with van der Waals surface area (Å²) >= 11 is 0. The van der Waals surface area contributed by atoms with E-state index in [0.717, 1.165) is 25.9 Å². The van der Waals surface area contributed by atoms with Gasteiger partial charge in [-0.05, 0) is 31.7 Å². The van der Waals surface area contributed by atoms with Gasteiger partial charge in [-0.25, -0.2) is 0 Å². The number of ether oxygens (including phenoxy) is 2. The summed E-state index contributed by atoms with van der Waals surface area (Å²) < 4.78 is 12.8. The second-order valence-electron chi connectivity index (χ2n) is 4.91. The van der Waals surface area contributed by atoms with Crippen molar-refractivity contribution in [1.82, 2.24) is 4.57 Å². The fourth-order valence-corrected chi connectivity index (χ4v) is 2.22. The number of hydrogen-bond donors (Lipinski definition) is 1. The maximum Gasteiger partial charge on any atom is 0.250 e. The van der Waals surface area contributed by atoms with Crippen molar-refractivity contribution in [3.63, 3.8) is 0 Å². The quantitative estimate of drug-likeness (QED) is 0.790. The van der Waals surface area contributed by atoms with E-state index in [4.69, 9.17) is 15.2 Å². The molecule has 1 fully saturated rings. The summed E-state index contributed by atoms with van der Waals surface area (Å²) in [6.07, 6.45) is 6.21. The molecule has 106 valence electrons. The highest BCUT2D eigenvalue weighted by Gasteiger charge is 2.13. The van der Waals surface area contributed by atoms with E-state index in [-0.39, 0.29) is 11.7 Å². The molecule has 1 aromatic heterocycles. The fourth-order valence-electron chi connectivity index (χ4n) is 2.22. The van der Waals surface area contributed by atoms with E-state index in [9.17, 15) is 4.79 Å². The number of aryl methyl sites for hydroxylation is 1. The molecule has 0 spiro atoms. The SMILES string of the molecule is Nc1ccc(=O)n(CCCOCC2CCCCO2)c1. The van der Waals surface area contributed by atoms with Crippen molar-refractivity contribution >= 4 is 5.69 Å². The van der Waals surface area contributed by atoms with E-state index in [1.165, 1.54) is 12.5 Å². The lowest BCUT2D eigenvalue weighted by Gasteiger charge is -2.22. The van der Waals surface area contributed by atoms with Crippen molar-refractivity contribution in [1.29, 1.82) is 0 Å². The third-order valence-electron chi connectivity index (χ3n) is 3.27. The first-order valence-corrected chi connectivity index (χ1v) is 6.91. The maximum atomic E-state index is 11.5. The molecule has 1 aromatic rings. The molecule has 2 rings (SSSR count). The molecular weight excluding hydrogens is 244 g/mol. The van der Waals surface area contributed by atoms with Crippen LogP contribution in [0.2, 0.25) is 0 Å². The van der Waals surface area contributed by atoms with Gasteiger partial charge < -0.3 is 19.8 Å². The number of nitrogens with zero attached hydrogens (tertiary/aromatic N) is 1. The van der Waals surface area contributed by atoms with E-state index in [2.05, 4.69) is 0 Å². The highest BCUT2D eigenvalue weighted by atomic mass is 16.5. The highest BCUT2D eigenvalue weighted by Crippen LogP contribution is 2.12. The normalized spacial score (nSPS) is 19.5. The lowest BCUT2D eigenvalue weighted by Crippen LogP contribution is -2.25. The van der Waals surface area contributed by atoms with Gasteiger partial charge in [-0.1, -0.05) is 0 Å². The van der Waals surface area contributed by atoms with Crippen molar-refractivity contribution in [3.05, 3.63) is 28.7 Å². The van der Waals surface area contributed by atoms with Crippen LogP contribution in [-0.4, -0.2) is 30.5 Å². The van der Waals surface area contributed by atoms with E-state index in [1.54, 1.807) is 16.8 Å². The van der Waals surface area contributed by atoms with Gasteiger partial charge in [-0.3, -0.25) is 4.79 Å². The largest absolute Gasteiger partial charge is 0.398 e. The van der Waals surface area contributed by atoms with Gasteiger partial charge in [0.2, 0.25) is 0 Å². The summed E-state index contributed by atoms with van der Waals surface area (Å²) in [6, 6.07) is 3.11. The van der Waals surface area contributed by atoms with Crippen LogP contribution >= 0.6 is 0 Å². The van der Waals surface area contributed by atoms with Crippen LogP contribution in [0, 0.1) is 0 Å². The van der Waals surface area contributed by atoms with Crippen LogP contribution < -0.4 is 11.3 Å². The Morgan fingerprint density at radius 1 is 1.42 bits per heavy atom. The third-order valence-corrected chi connectivity index (χ3v) is 3.27. The number of anilines is 1. The second-order valence-corrected chi connectivity index (χ2v) is 4.91. The highest BCUT2D eigenvalue weighted by molar-refractivity contribution is 5.33. The predicted molar refractivity (Wildman–Crippen MR) is 74.1 cm³/mol. The maximum absolute atomic E-state index is 11.5. The first-order valence-electron chi connectivity index (χ1n) is 6.91. The molecule has 1 aliphatic heterocycles. The Labute approximate surface area is 113 Å². The lowest BCUT2D eigenvalue weighted by atomic mass is 10.1. The summed E-state index contributed by atoms with van der Waals surface area (Å²) in [5, 5.41) is 0. The van der Waals surface area contributed by atoms with E-state index in [1.807, 2.05) is 0 Å². The molecule has 1 aliphatic rings. The van der Waals surface area contributed by atoms with Crippen molar-refractivity contribution < 1.29 is 9.47 Å². The molecule has 0 radical (unpaired) electrons. The average Bonchev–Trinajstić information content (AvgIpc) is 2.43. The number of pyridine rings is 1. The molecule has 5 nitrogen and oxygen atoms in total. The Hall–Kier alpha value is -1.33. The summed E-state index contributed by atoms with van der Waals surface area (Å²) in [6.45, 7) is 2.79. The minimum absolute atomic E-state index is 0.0233. The molecule has 1 saturated heterocycles. The number of aromatic nitrogens is 1. The zero-order valence-corrected chi connectivity index (χ0v) is 11.2. The van der Waals surface area contributed by atoms with Crippen LogP contribution in [-0.2, 0) is 16.0 Å². The van der Waals surface area contributed by atoms with Gasteiger partial charge in [0.25, 0.3) is 5.56 Å². The minimum Gasteiger partial charge on any atom is -0.398 e. The van der Waals surface area contributed by atoms with Gasteiger partial charge >= 0.3 is 0 Å². The number of rotatable bonds is 6. The zero-order valence-electron chi connectivity index (χ0n) is 11.2. The average molecular weight is 266 g/mol. The molecule has 0 bridgehead atoms. The van der Waals surface area contributed by atoms with Gasteiger partial charge in [0, 0.05) is 37.7 Å². The van der Waals surface area contributed by atoms with Crippen LogP contribution in [0.3, 0.4) is 0 Å². The van der Waals surface area contributed by atoms with Gasteiger partial charge in [0.15, 0.2) is 0 Å². The molecule has 2 heterocycles. The van der Waals surface area contributed by atoms with Crippen LogP contribution in [0.15, 0.2) is 23.1 Å². The van der Waals surface area contributed by atoms with E-state index >= 15 is 0 Å². The molecule has 1 atom stereocenters. The number of nitrogens with two attached hydrogens (primary N) is 1. The first-order chi connectivity index (χ1) is 9.25. The Bertz CT molecular complexity index is 439.